The molecule has 0 saturated carbocycles. The molecule has 5 heterocycles. The van der Waals surface area contributed by atoms with E-state index in [2.05, 4.69) is 66.2 Å². The fraction of sp³-hybridized carbons (Fsp3) is 0. The summed E-state index contributed by atoms with van der Waals surface area (Å²) in [5.74, 6) is -6.06. The average Bonchev–Trinajstić information content (AvgIpc) is 3.63. The number of hydrogen-bond donors (Lipinski definition) is 2. The first-order valence-electron chi connectivity index (χ1n) is 10.3. The Kier molecular flexibility index (Phi) is 7.66. The second-order valence-corrected chi connectivity index (χ2v) is 8.39. The summed E-state index contributed by atoms with van der Waals surface area (Å²) in [6, 6.07) is 17.6. The van der Waals surface area contributed by atoms with E-state index in [4.69, 9.17) is 0 Å². The van der Waals surface area contributed by atoms with Crippen LogP contribution in [0.25, 0.3) is 46.4 Å². The van der Waals surface area contributed by atoms with Gasteiger partial charge < -0.3 is 9.97 Å². The zero-order valence-corrected chi connectivity index (χ0v) is 23.0. The molecule has 8 bridgehead atoms. The Hall–Kier alpha value is -3.36. The number of rotatable bonds is 0. The third-order valence-electron chi connectivity index (χ3n) is 5.03. The fourth-order valence-corrected chi connectivity index (χ4v) is 3.79. The maximum atomic E-state index is 12.3. The van der Waals surface area contributed by atoms with Crippen LogP contribution in [-0.2, 0) is 19.5 Å². The Morgan fingerprint density at radius 3 is 1.36 bits per heavy atom. The summed E-state index contributed by atoms with van der Waals surface area (Å²) in [5, 5.41) is 0. The van der Waals surface area contributed by atoms with Crippen LogP contribution in [0.2, 0.25) is 0 Å². The third-order valence-corrected chi connectivity index (χ3v) is 5.73. The van der Waals surface area contributed by atoms with Crippen molar-refractivity contribution in [1.82, 2.24) is 19.9 Å². The molecule has 0 spiro atoms. The third kappa shape index (κ3) is 5.71. The van der Waals surface area contributed by atoms with Gasteiger partial charge in [0.25, 0.3) is 0 Å². The van der Waals surface area contributed by atoms with E-state index in [0.717, 1.165) is 44.8 Å². The van der Waals surface area contributed by atoms with Gasteiger partial charge in [-0.3, -0.25) is 8.78 Å². The van der Waals surface area contributed by atoms with Crippen LogP contribution in [0, 0.1) is 29.3 Å². The maximum absolute atomic E-state index is 12.3. The minimum Gasteiger partial charge on any atom is -0.355 e. The van der Waals surface area contributed by atoms with Crippen LogP contribution in [0.1, 0.15) is 22.8 Å². The van der Waals surface area contributed by atoms with Gasteiger partial charge in [-0.1, -0.05) is 15.9 Å². The van der Waals surface area contributed by atoms with Crippen molar-refractivity contribution < 1.29 is 37.0 Å². The van der Waals surface area contributed by atoms with Crippen LogP contribution in [0.4, 0.5) is 17.6 Å². The number of fused-ring (bicyclic) bond motifs is 8. The topological polar surface area (TPSA) is 57.4 Å². The summed E-state index contributed by atoms with van der Waals surface area (Å²) in [6.07, 6.45) is 8.05. The molecule has 0 saturated heterocycles. The van der Waals surface area contributed by atoms with Crippen LogP contribution >= 0.6 is 15.9 Å². The Labute approximate surface area is 223 Å². The quantitative estimate of drug-likeness (QED) is 0.0623. The van der Waals surface area contributed by atoms with Gasteiger partial charge >= 0.3 is 0 Å². The average molecular weight is 604 g/mol. The van der Waals surface area contributed by atoms with Gasteiger partial charge in [0.15, 0.2) is 0 Å². The van der Waals surface area contributed by atoms with Crippen molar-refractivity contribution in [3.05, 3.63) is 105 Å². The molecule has 0 radical (unpaired) electrons. The molecule has 0 unspecified atom stereocenters. The number of halogens is 5. The molecule has 3 aromatic heterocycles. The number of aromatic amines is 2. The molecule has 2 N–H and O–H groups in total. The normalized spacial score (nSPS) is 11.6. The van der Waals surface area contributed by atoms with E-state index < -0.39 is 27.7 Å². The van der Waals surface area contributed by atoms with Crippen LogP contribution in [0.15, 0.2) is 53.0 Å². The number of H-pyrrole nitrogens is 2. The Bertz CT molecular complexity index is 1560. The van der Waals surface area contributed by atoms with Gasteiger partial charge in [0, 0.05) is 53.2 Å². The second kappa shape index (κ2) is 10.7. The van der Waals surface area contributed by atoms with Crippen molar-refractivity contribution in [3.8, 4) is 0 Å². The molecule has 0 atom stereocenters. The van der Waals surface area contributed by atoms with Crippen LogP contribution < -0.4 is 0 Å². The predicted octanol–water partition coefficient (Wildman–Crippen LogP) is 7.46. The van der Waals surface area contributed by atoms with E-state index in [1.54, 1.807) is 0 Å². The van der Waals surface area contributed by atoms with Gasteiger partial charge in [-0.15, -0.1) is 6.07 Å². The molecule has 0 fully saturated rings. The molecule has 1 aromatic carbocycles. The first-order chi connectivity index (χ1) is 16.8. The minimum atomic E-state index is -1.55. The Morgan fingerprint density at radius 2 is 0.944 bits per heavy atom. The van der Waals surface area contributed by atoms with E-state index in [9.17, 15) is 17.6 Å². The van der Waals surface area contributed by atoms with Crippen molar-refractivity contribution >= 4 is 62.3 Å². The molecule has 4 nitrogen and oxygen atoms in total. The minimum absolute atomic E-state index is 0. The van der Waals surface area contributed by atoms with Gasteiger partial charge in [0.05, 0.1) is 34.4 Å². The van der Waals surface area contributed by atoms with Crippen LogP contribution in [0.5, 0.6) is 0 Å². The van der Waals surface area contributed by atoms with Gasteiger partial charge in [-0.2, -0.15) is 0 Å². The molecule has 2 aliphatic heterocycles. The zero-order chi connectivity index (χ0) is 24.5. The van der Waals surface area contributed by atoms with Crippen molar-refractivity contribution in [2.24, 2.45) is 0 Å². The van der Waals surface area contributed by atoms with Crippen molar-refractivity contribution in [3.63, 3.8) is 0 Å². The van der Waals surface area contributed by atoms with Gasteiger partial charge in [0.2, 0.25) is 0 Å². The largest absolute Gasteiger partial charge is 0.355 e. The Balaban J connectivity index is 0.000000216. The number of aromatic nitrogens is 4. The zero-order valence-electron chi connectivity index (χ0n) is 18.4. The second-order valence-electron chi connectivity index (χ2n) is 7.60. The summed E-state index contributed by atoms with van der Waals surface area (Å²) in [6.45, 7) is 0. The van der Waals surface area contributed by atoms with Crippen LogP contribution in [0.3, 0.4) is 0 Å². The Morgan fingerprint density at radius 1 is 0.583 bits per heavy atom. The van der Waals surface area contributed by atoms with E-state index >= 15 is 0 Å². The van der Waals surface area contributed by atoms with Crippen molar-refractivity contribution in [2.75, 3.05) is 0 Å². The van der Waals surface area contributed by atoms with Crippen LogP contribution in [-0.4, -0.2) is 19.9 Å². The van der Waals surface area contributed by atoms with E-state index in [-0.39, 0.29) is 19.5 Å². The van der Waals surface area contributed by atoms with Crippen molar-refractivity contribution in [1.29, 1.82) is 0 Å². The summed E-state index contributed by atoms with van der Waals surface area (Å²) < 4.78 is 48.1. The molecule has 0 aliphatic carbocycles. The van der Waals surface area contributed by atoms with Gasteiger partial charge in [-0.05, 0) is 77.3 Å². The molecule has 2 aliphatic rings. The smallest absolute Gasteiger partial charge is 0.0659 e. The molecule has 4 aromatic rings. The molecule has 10 heteroatoms. The number of hydrogen-bond acceptors (Lipinski definition) is 2. The number of benzene rings is 1. The molecular formula is C26H14BrF4N4Zn-. The SMILES string of the molecule is C1=Cc2cc3ccc(cc4ccc(cc5nc(cc1n2)C=C5)[nH]4)[nH]3.Fc1[c-]c(F)c(F)c(Br)c1F.[Zn]. The van der Waals surface area contributed by atoms with E-state index in [1.165, 1.54) is 6.07 Å². The summed E-state index contributed by atoms with van der Waals surface area (Å²) >= 11 is 2.33. The fourth-order valence-electron chi connectivity index (χ4n) is 3.44. The summed E-state index contributed by atoms with van der Waals surface area (Å²) in [5.41, 5.74) is 7.86. The first-order valence-corrected chi connectivity index (χ1v) is 11.1. The van der Waals surface area contributed by atoms with Crippen molar-refractivity contribution in [2.45, 2.75) is 0 Å². The van der Waals surface area contributed by atoms with Gasteiger partial charge in [0.1, 0.15) is 0 Å². The number of nitrogens with zero attached hydrogens (tertiary/aromatic N) is 2. The van der Waals surface area contributed by atoms with E-state index in [0.29, 0.717) is 0 Å². The predicted molar refractivity (Wildman–Crippen MR) is 132 cm³/mol. The molecule has 176 valence electrons. The molecule has 36 heavy (non-hydrogen) atoms. The standard InChI is InChI=1S/C20H14N4.C6BrF4.Zn/c1-2-14-10-16-5-6-18(23-16)12-20-8-7-19(24-20)11-17-4-3-15(22-17)9-13(1)21-14;7-4-5(10)2(8)1-3(9)6(4)11;/h1-12,21-22H;;/q;-1;. The van der Waals surface area contributed by atoms with E-state index in [1.807, 2.05) is 42.5 Å². The summed E-state index contributed by atoms with van der Waals surface area (Å²) in [7, 11) is 0. The maximum Gasteiger partial charge on any atom is 0.0659 e. The molecule has 6 rings (SSSR count). The summed E-state index contributed by atoms with van der Waals surface area (Å²) in [4.78, 5) is 16.0. The molecule has 0 amide bonds. The van der Waals surface area contributed by atoms with Gasteiger partial charge in [-0.25, -0.2) is 18.7 Å². The first kappa shape index (κ1) is 25.7. The number of nitrogens with one attached hydrogen (secondary N) is 2. The molecular weight excluding hydrogens is 590 g/mol. The monoisotopic (exact) mass is 601 g/mol.